The predicted molar refractivity (Wildman–Crippen MR) is 104 cm³/mol. The zero-order valence-electron chi connectivity index (χ0n) is 16.5. The van der Waals surface area contributed by atoms with Crippen molar-refractivity contribution in [1.82, 2.24) is 15.5 Å². The van der Waals surface area contributed by atoms with Crippen LogP contribution in [-0.2, 0) is 14.4 Å². The SMILES string of the molecule is CCCCNC(=O)C1N([C@H](C)CO)C(=O)[C@@H]2[C@H](C(=O)NC)[C@@H]3CC(C)C12S3. The number of rotatable bonds is 7. The van der Waals surface area contributed by atoms with E-state index in [-0.39, 0.29) is 35.5 Å². The van der Waals surface area contributed by atoms with Gasteiger partial charge < -0.3 is 20.6 Å². The van der Waals surface area contributed by atoms with E-state index in [1.165, 1.54) is 0 Å². The van der Waals surface area contributed by atoms with Crippen LogP contribution in [0.25, 0.3) is 0 Å². The monoisotopic (exact) mass is 397 g/mol. The zero-order valence-corrected chi connectivity index (χ0v) is 17.3. The smallest absolute Gasteiger partial charge is 0.244 e. The molecule has 3 fully saturated rings. The van der Waals surface area contributed by atoms with Crippen LogP contribution in [-0.4, -0.2) is 70.0 Å². The molecule has 3 amide bonds. The number of hydrogen-bond acceptors (Lipinski definition) is 5. The highest BCUT2D eigenvalue weighted by Crippen LogP contribution is 2.68. The molecule has 7 atom stereocenters. The van der Waals surface area contributed by atoms with E-state index in [0.29, 0.717) is 6.54 Å². The first-order valence-electron chi connectivity index (χ1n) is 9.95. The summed E-state index contributed by atoms with van der Waals surface area (Å²) in [5, 5.41) is 15.5. The number of nitrogens with one attached hydrogen (secondary N) is 2. The average Bonchev–Trinajstić information content (AvgIpc) is 3.24. The van der Waals surface area contributed by atoms with E-state index in [1.54, 1.807) is 30.6 Å². The number of likely N-dealkylation sites (tertiary alicyclic amines) is 1. The Morgan fingerprint density at radius 3 is 2.70 bits per heavy atom. The molecule has 7 nitrogen and oxygen atoms in total. The van der Waals surface area contributed by atoms with Crippen molar-refractivity contribution in [1.29, 1.82) is 0 Å². The van der Waals surface area contributed by atoms with Gasteiger partial charge in [0.25, 0.3) is 0 Å². The average molecular weight is 398 g/mol. The first kappa shape index (κ1) is 20.5. The predicted octanol–water partition coefficient (Wildman–Crippen LogP) is 0.367. The lowest BCUT2D eigenvalue weighted by molar-refractivity contribution is -0.142. The van der Waals surface area contributed by atoms with Gasteiger partial charge in [0.15, 0.2) is 0 Å². The van der Waals surface area contributed by atoms with Crippen molar-refractivity contribution in [2.45, 2.75) is 62.1 Å². The summed E-state index contributed by atoms with van der Waals surface area (Å²) in [6.45, 7) is 6.28. The largest absolute Gasteiger partial charge is 0.394 e. The molecule has 2 bridgehead atoms. The van der Waals surface area contributed by atoms with Crippen LogP contribution in [0.15, 0.2) is 0 Å². The van der Waals surface area contributed by atoms with E-state index in [4.69, 9.17) is 0 Å². The second-order valence-corrected chi connectivity index (χ2v) is 9.64. The summed E-state index contributed by atoms with van der Waals surface area (Å²) in [5.74, 6) is -1.21. The Morgan fingerprint density at radius 2 is 2.11 bits per heavy atom. The van der Waals surface area contributed by atoms with E-state index in [0.717, 1.165) is 19.3 Å². The minimum Gasteiger partial charge on any atom is -0.394 e. The van der Waals surface area contributed by atoms with Crippen LogP contribution >= 0.6 is 11.8 Å². The Labute approximate surface area is 165 Å². The number of fused-ring (bicyclic) bond motifs is 1. The number of aliphatic hydroxyl groups excluding tert-OH is 1. The van der Waals surface area contributed by atoms with Gasteiger partial charge in [0, 0.05) is 18.8 Å². The molecule has 27 heavy (non-hydrogen) atoms. The van der Waals surface area contributed by atoms with Gasteiger partial charge in [-0.1, -0.05) is 20.3 Å². The molecule has 0 aliphatic carbocycles. The maximum absolute atomic E-state index is 13.4. The van der Waals surface area contributed by atoms with E-state index >= 15 is 0 Å². The number of carbonyl (C=O) groups is 3. The maximum atomic E-state index is 13.4. The van der Waals surface area contributed by atoms with Crippen LogP contribution in [0.5, 0.6) is 0 Å². The van der Waals surface area contributed by atoms with E-state index < -0.39 is 28.7 Å². The molecule has 0 aromatic rings. The first-order valence-corrected chi connectivity index (χ1v) is 10.8. The Morgan fingerprint density at radius 1 is 1.41 bits per heavy atom. The molecule has 3 aliphatic rings. The summed E-state index contributed by atoms with van der Waals surface area (Å²) < 4.78 is -0.599. The molecule has 3 heterocycles. The van der Waals surface area contributed by atoms with Gasteiger partial charge in [-0.25, -0.2) is 0 Å². The lowest BCUT2D eigenvalue weighted by Crippen LogP contribution is -2.58. The van der Waals surface area contributed by atoms with Gasteiger partial charge in [0.2, 0.25) is 17.7 Å². The molecule has 3 unspecified atom stereocenters. The minimum absolute atomic E-state index is 0.0615. The quantitative estimate of drug-likeness (QED) is 0.539. The molecule has 0 aromatic heterocycles. The molecule has 3 N–H and O–H groups in total. The molecular formula is C19H31N3O4S. The normalized spacial score (nSPS) is 38.0. The second kappa shape index (κ2) is 7.62. The van der Waals surface area contributed by atoms with Gasteiger partial charge in [0.05, 0.1) is 29.2 Å². The van der Waals surface area contributed by atoms with Crippen LogP contribution in [0.3, 0.4) is 0 Å². The Balaban J connectivity index is 2.02. The molecule has 0 saturated carbocycles. The van der Waals surface area contributed by atoms with E-state index in [9.17, 15) is 19.5 Å². The van der Waals surface area contributed by atoms with Crippen LogP contribution < -0.4 is 10.6 Å². The van der Waals surface area contributed by atoms with Crippen molar-refractivity contribution < 1.29 is 19.5 Å². The summed E-state index contributed by atoms with van der Waals surface area (Å²) in [4.78, 5) is 40.8. The Bertz CT molecular complexity index is 630. The minimum atomic E-state index is -0.645. The molecule has 3 aliphatic heterocycles. The van der Waals surface area contributed by atoms with Gasteiger partial charge >= 0.3 is 0 Å². The third kappa shape index (κ3) is 2.87. The summed E-state index contributed by atoms with van der Waals surface area (Å²) in [6, 6.07) is -1.11. The number of carbonyl (C=O) groups excluding carboxylic acids is 3. The van der Waals surface area contributed by atoms with Gasteiger partial charge in [-0.05, 0) is 25.7 Å². The highest BCUT2D eigenvalue weighted by molar-refractivity contribution is 8.02. The summed E-state index contributed by atoms with van der Waals surface area (Å²) >= 11 is 1.65. The highest BCUT2D eigenvalue weighted by atomic mass is 32.2. The topological polar surface area (TPSA) is 98.7 Å². The summed E-state index contributed by atoms with van der Waals surface area (Å²) in [6.07, 6.45) is 2.68. The number of unbranched alkanes of at least 4 members (excludes halogenated alkanes) is 1. The van der Waals surface area contributed by atoms with Gasteiger partial charge in [0.1, 0.15) is 6.04 Å². The third-order valence-corrected chi connectivity index (χ3v) is 8.63. The zero-order chi connectivity index (χ0) is 19.9. The highest BCUT2D eigenvalue weighted by Gasteiger charge is 2.76. The second-order valence-electron chi connectivity index (χ2n) is 8.09. The van der Waals surface area contributed by atoms with Crippen molar-refractivity contribution in [3.63, 3.8) is 0 Å². The van der Waals surface area contributed by atoms with Gasteiger partial charge in [-0.15, -0.1) is 11.8 Å². The molecule has 152 valence electrons. The lowest BCUT2D eigenvalue weighted by Gasteiger charge is -2.39. The van der Waals surface area contributed by atoms with Crippen LogP contribution in [0.1, 0.15) is 40.0 Å². The van der Waals surface area contributed by atoms with Crippen LogP contribution in [0, 0.1) is 17.8 Å². The van der Waals surface area contributed by atoms with Crippen molar-refractivity contribution in [3.05, 3.63) is 0 Å². The Hall–Kier alpha value is -1.28. The number of aliphatic hydroxyl groups is 1. The lowest BCUT2D eigenvalue weighted by atomic mass is 9.66. The fourth-order valence-electron chi connectivity index (χ4n) is 5.27. The van der Waals surface area contributed by atoms with E-state index in [2.05, 4.69) is 24.5 Å². The summed E-state index contributed by atoms with van der Waals surface area (Å²) in [5.41, 5.74) is 0. The van der Waals surface area contributed by atoms with Crippen molar-refractivity contribution >= 4 is 29.5 Å². The van der Waals surface area contributed by atoms with Gasteiger partial charge in [-0.3, -0.25) is 14.4 Å². The van der Waals surface area contributed by atoms with Crippen molar-refractivity contribution in [2.75, 3.05) is 20.2 Å². The van der Waals surface area contributed by atoms with E-state index in [1.807, 2.05) is 0 Å². The van der Waals surface area contributed by atoms with Crippen LogP contribution in [0.2, 0.25) is 0 Å². The Kier molecular flexibility index (Phi) is 5.77. The molecule has 0 radical (unpaired) electrons. The maximum Gasteiger partial charge on any atom is 0.244 e. The molecular weight excluding hydrogens is 366 g/mol. The standard InChI is InChI=1S/C19H31N3O4S/c1-5-6-7-21-17(25)15-19-10(2)8-12(27-19)13(16(24)20-4)14(19)18(26)22(15)11(3)9-23/h10-15,23H,5-9H2,1-4H3,(H,20,24)(H,21,25)/t10?,11-,12+,13-,14+,15?,19?/m1/s1. The molecule has 8 heteroatoms. The number of nitrogens with zero attached hydrogens (tertiary/aromatic N) is 1. The molecule has 0 aromatic carbocycles. The molecule has 3 rings (SSSR count). The number of thioether (sulfide) groups is 1. The van der Waals surface area contributed by atoms with Crippen molar-refractivity contribution in [2.24, 2.45) is 17.8 Å². The third-order valence-electron chi connectivity index (χ3n) is 6.55. The fourth-order valence-corrected chi connectivity index (χ4v) is 7.68. The van der Waals surface area contributed by atoms with Crippen molar-refractivity contribution in [3.8, 4) is 0 Å². The molecule has 1 spiro atoms. The number of hydrogen-bond donors (Lipinski definition) is 3. The fraction of sp³-hybridized carbons (Fsp3) is 0.842. The summed E-state index contributed by atoms with van der Waals surface area (Å²) in [7, 11) is 1.59. The first-order chi connectivity index (χ1) is 12.8. The molecule has 3 saturated heterocycles. The number of amides is 3. The van der Waals surface area contributed by atoms with Crippen LogP contribution in [0.4, 0.5) is 0 Å². The van der Waals surface area contributed by atoms with Gasteiger partial charge in [-0.2, -0.15) is 0 Å².